The lowest BCUT2D eigenvalue weighted by Gasteiger charge is -2.23. The van der Waals surface area contributed by atoms with Gasteiger partial charge in [-0.25, -0.2) is 0 Å². The summed E-state index contributed by atoms with van der Waals surface area (Å²) in [5, 5.41) is 2.65. The Bertz CT molecular complexity index is 541. The van der Waals surface area contributed by atoms with Gasteiger partial charge in [0.1, 0.15) is 6.04 Å². The lowest BCUT2D eigenvalue weighted by Crippen LogP contribution is -2.44. The summed E-state index contributed by atoms with van der Waals surface area (Å²) < 4.78 is 4.55. The van der Waals surface area contributed by atoms with Crippen molar-refractivity contribution in [2.24, 2.45) is 0 Å². The molecule has 1 N–H and O–H groups in total. The van der Waals surface area contributed by atoms with Gasteiger partial charge in [0.15, 0.2) is 0 Å². The number of nitrogens with zero attached hydrogens (tertiary/aromatic N) is 1. The zero-order valence-corrected chi connectivity index (χ0v) is 10.7. The van der Waals surface area contributed by atoms with Crippen molar-refractivity contribution in [3.63, 3.8) is 0 Å². The van der Waals surface area contributed by atoms with Crippen LogP contribution in [0.4, 0.5) is 5.69 Å². The van der Waals surface area contributed by atoms with Gasteiger partial charge in [0, 0.05) is 7.05 Å². The highest BCUT2D eigenvalue weighted by Gasteiger charge is 2.34. The standard InChI is InChI=1S/C13H14N2O4/c1-15-10(7-11(16)19-2)12(17)14-9-6-4-3-5-8(9)13(15)18/h3-6,10H,7H2,1-2H3,(H,14,17)/t10-/m0/s1. The van der Waals surface area contributed by atoms with E-state index in [9.17, 15) is 14.4 Å². The van der Waals surface area contributed by atoms with Crippen molar-refractivity contribution >= 4 is 23.5 Å². The molecular weight excluding hydrogens is 248 g/mol. The van der Waals surface area contributed by atoms with Crippen molar-refractivity contribution in [2.75, 3.05) is 19.5 Å². The van der Waals surface area contributed by atoms with Crippen molar-refractivity contribution < 1.29 is 19.1 Å². The molecule has 0 bridgehead atoms. The second-order valence-electron chi connectivity index (χ2n) is 4.25. The van der Waals surface area contributed by atoms with Crippen LogP contribution in [0.2, 0.25) is 0 Å². The maximum absolute atomic E-state index is 12.2. The molecule has 0 fully saturated rings. The minimum atomic E-state index is -0.868. The molecule has 1 heterocycles. The summed E-state index contributed by atoms with van der Waals surface area (Å²) in [7, 11) is 2.74. The van der Waals surface area contributed by atoms with Crippen LogP contribution in [0.15, 0.2) is 24.3 Å². The van der Waals surface area contributed by atoms with Gasteiger partial charge in [0.2, 0.25) is 5.91 Å². The molecule has 0 unspecified atom stereocenters. The first kappa shape index (κ1) is 13.1. The molecule has 1 aromatic rings. The number of hydrogen-bond acceptors (Lipinski definition) is 4. The van der Waals surface area contributed by atoms with E-state index in [0.717, 1.165) is 0 Å². The molecule has 1 aliphatic rings. The molecule has 0 saturated carbocycles. The Balaban J connectivity index is 2.35. The van der Waals surface area contributed by atoms with E-state index in [4.69, 9.17) is 0 Å². The number of anilines is 1. The molecule has 19 heavy (non-hydrogen) atoms. The van der Waals surface area contributed by atoms with E-state index in [0.29, 0.717) is 11.3 Å². The van der Waals surface area contributed by atoms with Crippen molar-refractivity contribution in [3.8, 4) is 0 Å². The number of carbonyl (C=O) groups excluding carboxylic acids is 3. The number of hydrogen-bond donors (Lipinski definition) is 1. The molecule has 1 aliphatic heterocycles. The van der Waals surface area contributed by atoms with Gasteiger partial charge in [-0.05, 0) is 12.1 Å². The van der Waals surface area contributed by atoms with Crippen LogP contribution in [0.25, 0.3) is 0 Å². The number of carbonyl (C=O) groups is 3. The predicted octanol–water partition coefficient (Wildman–Crippen LogP) is 0.642. The van der Waals surface area contributed by atoms with Crippen LogP contribution in [0.3, 0.4) is 0 Å². The Hall–Kier alpha value is -2.37. The Morgan fingerprint density at radius 3 is 2.74 bits per heavy atom. The smallest absolute Gasteiger partial charge is 0.308 e. The second kappa shape index (κ2) is 5.09. The lowest BCUT2D eigenvalue weighted by molar-refractivity contribution is -0.143. The molecule has 0 radical (unpaired) electrons. The van der Waals surface area contributed by atoms with Crippen LogP contribution in [-0.2, 0) is 14.3 Å². The number of nitrogens with one attached hydrogen (secondary N) is 1. The topological polar surface area (TPSA) is 75.7 Å². The minimum Gasteiger partial charge on any atom is -0.469 e. The summed E-state index contributed by atoms with van der Waals surface area (Å²) in [5.41, 5.74) is 0.863. The van der Waals surface area contributed by atoms with Gasteiger partial charge < -0.3 is 15.0 Å². The molecule has 0 aromatic heterocycles. The van der Waals surface area contributed by atoms with Crippen LogP contribution >= 0.6 is 0 Å². The summed E-state index contributed by atoms with van der Waals surface area (Å²) in [6.07, 6.45) is -0.168. The van der Waals surface area contributed by atoms with E-state index < -0.39 is 17.9 Å². The van der Waals surface area contributed by atoms with Crippen molar-refractivity contribution in [2.45, 2.75) is 12.5 Å². The highest BCUT2D eigenvalue weighted by atomic mass is 16.5. The largest absolute Gasteiger partial charge is 0.469 e. The van der Waals surface area contributed by atoms with E-state index in [-0.39, 0.29) is 12.3 Å². The zero-order valence-electron chi connectivity index (χ0n) is 10.7. The summed E-state index contributed by atoms with van der Waals surface area (Å²) in [6.45, 7) is 0. The van der Waals surface area contributed by atoms with Crippen molar-refractivity contribution in [1.29, 1.82) is 0 Å². The maximum atomic E-state index is 12.2. The fourth-order valence-corrected chi connectivity index (χ4v) is 1.97. The molecule has 6 heteroatoms. The highest BCUT2D eigenvalue weighted by molar-refractivity contribution is 6.10. The Morgan fingerprint density at radius 1 is 1.37 bits per heavy atom. The fourth-order valence-electron chi connectivity index (χ4n) is 1.97. The number of para-hydroxylation sites is 1. The third kappa shape index (κ3) is 2.42. The van der Waals surface area contributed by atoms with E-state index >= 15 is 0 Å². The maximum Gasteiger partial charge on any atom is 0.308 e. The molecular formula is C13H14N2O4. The van der Waals surface area contributed by atoms with Crippen LogP contribution in [0.1, 0.15) is 16.8 Å². The molecule has 2 rings (SSSR count). The highest BCUT2D eigenvalue weighted by Crippen LogP contribution is 2.23. The van der Waals surface area contributed by atoms with Crippen LogP contribution < -0.4 is 5.32 Å². The zero-order chi connectivity index (χ0) is 14.0. The molecule has 0 aliphatic carbocycles. The summed E-state index contributed by atoms with van der Waals surface area (Å²) >= 11 is 0. The first-order chi connectivity index (χ1) is 9.04. The molecule has 100 valence electrons. The number of fused-ring (bicyclic) bond motifs is 1. The summed E-state index contributed by atoms with van der Waals surface area (Å²) in [6, 6.07) is 5.87. The normalized spacial score (nSPS) is 18.4. The van der Waals surface area contributed by atoms with Gasteiger partial charge in [-0.2, -0.15) is 0 Å². The monoisotopic (exact) mass is 262 g/mol. The van der Waals surface area contributed by atoms with E-state index in [2.05, 4.69) is 10.1 Å². The van der Waals surface area contributed by atoms with Crippen LogP contribution in [0.5, 0.6) is 0 Å². The molecule has 1 aromatic carbocycles. The Kier molecular flexibility index (Phi) is 3.50. The summed E-state index contributed by atoms with van der Waals surface area (Å²) in [5.74, 6) is -1.24. The van der Waals surface area contributed by atoms with Gasteiger partial charge in [-0.3, -0.25) is 14.4 Å². The van der Waals surface area contributed by atoms with Crippen molar-refractivity contribution in [3.05, 3.63) is 29.8 Å². The Morgan fingerprint density at radius 2 is 2.05 bits per heavy atom. The van der Waals surface area contributed by atoms with Crippen molar-refractivity contribution in [1.82, 2.24) is 4.90 Å². The first-order valence-corrected chi connectivity index (χ1v) is 5.78. The molecule has 2 amide bonds. The number of ether oxygens (including phenoxy) is 1. The Labute approximate surface area is 110 Å². The van der Waals surface area contributed by atoms with Gasteiger partial charge in [-0.1, -0.05) is 12.1 Å². The summed E-state index contributed by atoms with van der Waals surface area (Å²) in [4.78, 5) is 36.9. The number of amides is 2. The minimum absolute atomic E-state index is 0.168. The number of benzene rings is 1. The quantitative estimate of drug-likeness (QED) is 0.794. The van der Waals surface area contributed by atoms with Gasteiger partial charge in [0.25, 0.3) is 5.91 Å². The number of esters is 1. The SMILES string of the molecule is COC(=O)C[C@H]1C(=O)Nc2ccccc2C(=O)N1C. The number of methoxy groups -OCH3 is 1. The van der Waals surface area contributed by atoms with Gasteiger partial charge in [-0.15, -0.1) is 0 Å². The molecule has 6 nitrogen and oxygen atoms in total. The third-order valence-electron chi connectivity index (χ3n) is 3.09. The van der Waals surface area contributed by atoms with E-state index in [1.165, 1.54) is 19.1 Å². The average Bonchev–Trinajstić information content (AvgIpc) is 2.50. The second-order valence-corrected chi connectivity index (χ2v) is 4.25. The molecule has 1 atom stereocenters. The number of likely N-dealkylation sites (N-methyl/N-ethyl adjacent to an activating group) is 1. The lowest BCUT2D eigenvalue weighted by atomic mass is 10.1. The number of rotatable bonds is 2. The van der Waals surface area contributed by atoms with Crippen LogP contribution in [-0.4, -0.2) is 42.9 Å². The van der Waals surface area contributed by atoms with E-state index in [1.54, 1.807) is 24.3 Å². The van der Waals surface area contributed by atoms with Crippen LogP contribution in [0, 0.1) is 0 Å². The average molecular weight is 262 g/mol. The first-order valence-electron chi connectivity index (χ1n) is 5.78. The van der Waals surface area contributed by atoms with E-state index in [1.807, 2.05) is 0 Å². The molecule has 0 spiro atoms. The molecule has 0 saturated heterocycles. The third-order valence-corrected chi connectivity index (χ3v) is 3.09. The fraction of sp³-hybridized carbons (Fsp3) is 0.308. The predicted molar refractivity (Wildman–Crippen MR) is 67.6 cm³/mol. The van der Waals surface area contributed by atoms with Gasteiger partial charge in [0.05, 0.1) is 24.8 Å². The van der Waals surface area contributed by atoms with Gasteiger partial charge >= 0.3 is 5.97 Å².